The second-order valence-corrected chi connectivity index (χ2v) is 6.99. The number of rotatable bonds is 4. The van der Waals surface area contributed by atoms with Gasteiger partial charge in [0.25, 0.3) is 5.91 Å². The highest BCUT2D eigenvalue weighted by molar-refractivity contribution is 6.07. The minimum Gasteiger partial charge on any atom is -0.381 e. The van der Waals surface area contributed by atoms with Crippen LogP contribution in [0.4, 0.5) is 0 Å². The van der Waals surface area contributed by atoms with Crippen LogP contribution in [0.15, 0.2) is 43.0 Å². The lowest BCUT2D eigenvalue weighted by Crippen LogP contribution is -2.39. The number of nitriles is 1. The van der Waals surface area contributed by atoms with E-state index in [9.17, 15) is 10.1 Å². The molecule has 0 spiro atoms. The molecule has 2 heterocycles. The summed E-state index contributed by atoms with van der Waals surface area (Å²) in [5.74, 6) is 0.408. The van der Waals surface area contributed by atoms with E-state index >= 15 is 0 Å². The standard InChI is InChI=1S/C21H21N5O2/c1-28-16-7-5-15(6-8-16)24-21(27)18-11-19(26-10-9-23-13-26)25-20-14(12-22)3-2-4-17(18)20/h2-4,9-11,13,15-16H,5-8H2,1H3,(H,24,27). The molecule has 4 rings (SSSR count). The summed E-state index contributed by atoms with van der Waals surface area (Å²) in [6, 6.07) is 9.36. The number of pyridine rings is 1. The number of amides is 1. The summed E-state index contributed by atoms with van der Waals surface area (Å²) in [5, 5.41) is 13.3. The number of methoxy groups -OCH3 is 1. The summed E-state index contributed by atoms with van der Waals surface area (Å²) in [4.78, 5) is 21.8. The summed E-state index contributed by atoms with van der Waals surface area (Å²) in [6.07, 6.45) is 8.98. The van der Waals surface area contributed by atoms with Crippen LogP contribution < -0.4 is 5.32 Å². The van der Waals surface area contributed by atoms with Crippen LogP contribution in [-0.4, -0.2) is 39.7 Å². The lowest BCUT2D eigenvalue weighted by Gasteiger charge is -2.28. The highest BCUT2D eigenvalue weighted by Gasteiger charge is 2.24. The van der Waals surface area contributed by atoms with E-state index in [2.05, 4.69) is 21.4 Å². The number of nitrogens with zero attached hydrogens (tertiary/aromatic N) is 4. The number of imidazole rings is 1. The van der Waals surface area contributed by atoms with Crippen molar-refractivity contribution >= 4 is 16.8 Å². The third-order valence-corrected chi connectivity index (χ3v) is 5.30. The highest BCUT2D eigenvalue weighted by Crippen LogP contribution is 2.25. The normalized spacial score (nSPS) is 19.3. The van der Waals surface area contributed by atoms with Crippen molar-refractivity contribution in [2.45, 2.75) is 37.8 Å². The van der Waals surface area contributed by atoms with Gasteiger partial charge in [0.05, 0.1) is 22.7 Å². The zero-order chi connectivity index (χ0) is 19.5. The third-order valence-electron chi connectivity index (χ3n) is 5.30. The van der Waals surface area contributed by atoms with Gasteiger partial charge in [-0.2, -0.15) is 5.26 Å². The summed E-state index contributed by atoms with van der Waals surface area (Å²) in [7, 11) is 1.73. The number of fused-ring (bicyclic) bond motifs is 1. The molecule has 7 heteroatoms. The number of hydrogen-bond acceptors (Lipinski definition) is 5. The number of carbonyl (C=O) groups is 1. The van der Waals surface area contributed by atoms with E-state index in [0.29, 0.717) is 27.8 Å². The van der Waals surface area contributed by atoms with Crippen molar-refractivity contribution in [3.05, 3.63) is 54.1 Å². The molecule has 0 bridgehead atoms. The SMILES string of the molecule is COC1CCC(NC(=O)c2cc(-n3ccnc3)nc3c(C#N)cccc23)CC1. The van der Waals surface area contributed by atoms with Crippen molar-refractivity contribution in [1.82, 2.24) is 19.9 Å². The molecule has 0 saturated heterocycles. The van der Waals surface area contributed by atoms with Crippen LogP contribution in [0, 0.1) is 11.3 Å². The van der Waals surface area contributed by atoms with E-state index in [1.807, 2.05) is 6.07 Å². The summed E-state index contributed by atoms with van der Waals surface area (Å²) in [5.41, 5.74) is 1.47. The van der Waals surface area contributed by atoms with Crippen molar-refractivity contribution in [2.75, 3.05) is 7.11 Å². The first kappa shape index (κ1) is 18.1. The Morgan fingerprint density at radius 3 is 2.82 bits per heavy atom. The van der Waals surface area contributed by atoms with Crippen molar-refractivity contribution in [3.8, 4) is 11.9 Å². The van der Waals surface area contributed by atoms with Crippen molar-refractivity contribution < 1.29 is 9.53 Å². The van der Waals surface area contributed by atoms with Gasteiger partial charge in [-0.15, -0.1) is 0 Å². The average Bonchev–Trinajstić information content (AvgIpc) is 3.28. The fourth-order valence-electron chi connectivity index (χ4n) is 3.75. The molecule has 1 N–H and O–H groups in total. The van der Waals surface area contributed by atoms with Gasteiger partial charge in [0.1, 0.15) is 18.2 Å². The number of aromatic nitrogens is 3. The molecule has 1 aliphatic carbocycles. The molecule has 2 aromatic heterocycles. The van der Waals surface area contributed by atoms with Crippen LogP contribution in [0.3, 0.4) is 0 Å². The van der Waals surface area contributed by atoms with Crippen LogP contribution in [0.25, 0.3) is 16.7 Å². The Bertz CT molecular complexity index is 1030. The Kier molecular flexibility index (Phi) is 5.04. The molecule has 3 aromatic rings. The molecule has 0 aliphatic heterocycles. The van der Waals surface area contributed by atoms with Gasteiger partial charge in [0, 0.05) is 30.9 Å². The first-order valence-electron chi connectivity index (χ1n) is 9.35. The van der Waals surface area contributed by atoms with Crippen LogP contribution in [0.1, 0.15) is 41.6 Å². The lowest BCUT2D eigenvalue weighted by molar-refractivity contribution is 0.0599. The predicted octanol–water partition coefficient (Wildman–Crippen LogP) is 2.98. The van der Waals surface area contributed by atoms with Gasteiger partial charge in [0.15, 0.2) is 0 Å². The molecule has 1 aliphatic rings. The van der Waals surface area contributed by atoms with Crippen LogP contribution >= 0.6 is 0 Å². The number of carbonyl (C=O) groups excluding carboxylic acids is 1. The molecule has 1 fully saturated rings. The Labute approximate surface area is 163 Å². The van der Waals surface area contributed by atoms with E-state index in [-0.39, 0.29) is 18.1 Å². The quantitative estimate of drug-likeness (QED) is 0.757. The maximum Gasteiger partial charge on any atom is 0.252 e. The Morgan fingerprint density at radius 2 is 2.14 bits per heavy atom. The van der Waals surface area contributed by atoms with Crippen molar-refractivity contribution in [3.63, 3.8) is 0 Å². The third kappa shape index (κ3) is 3.47. The maximum atomic E-state index is 13.1. The van der Waals surface area contributed by atoms with E-state index in [1.165, 1.54) is 0 Å². The number of para-hydroxylation sites is 1. The van der Waals surface area contributed by atoms with Gasteiger partial charge in [-0.05, 0) is 37.8 Å². The van der Waals surface area contributed by atoms with Gasteiger partial charge in [-0.25, -0.2) is 9.97 Å². The van der Waals surface area contributed by atoms with Gasteiger partial charge >= 0.3 is 0 Å². The Morgan fingerprint density at radius 1 is 1.32 bits per heavy atom. The topological polar surface area (TPSA) is 92.8 Å². The molecule has 142 valence electrons. The molecule has 7 nitrogen and oxygen atoms in total. The monoisotopic (exact) mass is 375 g/mol. The van der Waals surface area contributed by atoms with E-state index in [0.717, 1.165) is 25.7 Å². The average molecular weight is 375 g/mol. The fraction of sp³-hybridized carbons (Fsp3) is 0.333. The van der Waals surface area contributed by atoms with Gasteiger partial charge in [-0.1, -0.05) is 12.1 Å². The first-order chi connectivity index (χ1) is 13.7. The van der Waals surface area contributed by atoms with E-state index in [4.69, 9.17) is 4.74 Å². The smallest absolute Gasteiger partial charge is 0.252 e. The van der Waals surface area contributed by atoms with Gasteiger partial charge < -0.3 is 10.1 Å². The number of hydrogen-bond donors (Lipinski definition) is 1. The zero-order valence-corrected chi connectivity index (χ0v) is 15.6. The van der Waals surface area contributed by atoms with Crippen LogP contribution in [-0.2, 0) is 4.74 Å². The summed E-state index contributed by atoms with van der Waals surface area (Å²) in [6.45, 7) is 0. The van der Waals surface area contributed by atoms with Crippen molar-refractivity contribution in [1.29, 1.82) is 5.26 Å². The first-order valence-corrected chi connectivity index (χ1v) is 9.35. The minimum atomic E-state index is -0.148. The molecule has 28 heavy (non-hydrogen) atoms. The molecule has 1 saturated carbocycles. The molecule has 0 unspecified atom stereocenters. The molecule has 1 aromatic carbocycles. The summed E-state index contributed by atoms with van der Waals surface area (Å²) >= 11 is 0. The second kappa shape index (κ2) is 7.79. The Balaban J connectivity index is 1.71. The molecule has 0 atom stereocenters. The second-order valence-electron chi connectivity index (χ2n) is 6.99. The number of ether oxygens (including phenoxy) is 1. The molecule has 1 amide bonds. The highest BCUT2D eigenvalue weighted by atomic mass is 16.5. The van der Waals surface area contributed by atoms with E-state index < -0.39 is 0 Å². The zero-order valence-electron chi connectivity index (χ0n) is 15.6. The van der Waals surface area contributed by atoms with Gasteiger partial charge in [0.2, 0.25) is 0 Å². The fourth-order valence-corrected chi connectivity index (χ4v) is 3.75. The lowest BCUT2D eigenvalue weighted by atomic mass is 9.92. The molecule has 0 radical (unpaired) electrons. The Hall–Kier alpha value is -3.24. The largest absolute Gasteiger partial charge is 0.381 e. The van der Waals surface area contributed by atoms with E-state index in [1.54, 1.807) is 48.6 Å². The summed E-state index contributed by atoms with van der Waals surface area (Å²) < 4.78 is 7.14. The minimum absolute atomic E-state index is 0.123. The molecular formula is C21H21N5O2. The van der Waals surface area contributed by atoms with Gasteiger partial charge in [-0.3, -0.25) is 9.36 Å². The van der Waals surface area contributed by atoms with Crippen LogP contribution in [0.2, 0.25) is 0 Å². The number of nitrogens with one attached hydrogen (secondary N) is 1. The van der Waals surface area contributed by atoms with Crippen molar-refractivity contribution in [2.24, 2.45) is 0 Å². The number of benzene rings is 1. The van der Waals surface area contributed by atoms with Crippen LogP contribution in [0.5, 0.6) is 0 Å². The maximum absolute atomic E-state index is 13.1. The molecular weight excluding hydrogens is 354 g/mol. The predicted molar refractivity (Wildman–Crippen MR) is 104 cm³/mol.